The highest BCUT2D eigenvalue weighted by Gasteiger charge is 2.34. The van der Waals surface area contributed by atoms with Crippen molar-refractivity contribution in [2.75, 3.05) is 32.2 Å². The summed E-state index contributed by atoms with van der Waals surface area (Å²) < 4.78 is 27.7. The second-order valence-corrected chi connectivity index (χ2v) is 7.87. The molecule has 1 atom stereocenters. The predicted molar refractivity (Wildman–Crippen MR) is 74.6 cm³/mol. The Morgan fingerprint density at radius 2 is 1.84 bits per heavy atom. The van der Waals surface area contributed by atoms with Gasteiger partial charge in [-0.1, -0.05) is 0 Å². The summed E-state index contributed by atoms with van der Waals surface area (Å²) in [4.78, 5) is 14.2. The number of hydrogen-bond acceptors (Lipinski definition) is 5. The van der Waals surface area contributed by atoms with Crippen LogP contribution >= 0.6 is 0 Å². The number of carbonyl (C=O) groups is 1. The Labute approximate surface area is 116 Å². The molecule has 0 spiro atoms. The van der Waals surface area contributed by atoms with Crippen LogP contribution in [0.15, 0.2) is 0 Å². The van der Waals surface area contributed by atoms with E-state index in [1.165, 1.54) is 13.4 Å². The number of ether oxygens (including phenoxy) is 1. The van der Waals surface area contributed by atoms with E-state index in [-0.39, 0.29) is 11.7 Å². The molecule has 0 radical (unpaired) electrons. The molecule has 1 heterocycles. The Morgan fingerprint density at radius 3 is 2.21 bits per heavy atom. The molecule has 0 N–H and O–H groups in total. The Kier molecular flexibility index (Phi) is 5.80. The first-order chi connectivity index (χ1) is 8.74. The van der Waals surface area contributed by atoms with Crippen LogP contribution in [0.2, 0.25) is 0 Å². The Bertz CT molecular complexity index is 397. The summed E-state index contributed by atoms with van der Waals surface area (Å²) in [6, 6.07) is 0.493. The third-order valence-electron chi connectivity index (χ3n) is 3.86. The molecule has 1 fully saturated rings. The van der Waals surface area contributed by atoms with Crippen molar-refractivity contribution in [1.29, 1.82) is 0 Å². The van der Waals surface area contributed by atoms with Crippen LogP contribution in [0.5, 0.6) is 0 Å². The maximum atomic E-state index is 11.8. The second kappa shape index (κ2) is 6.70. The number of methoxy groups -OCH3 is 1. The third kappa shape index (κ3) is 5.10. The number of nitrogens with zero attached hydrogens (tertiary/aromatic N) is 1. The minimum absolute atomic E-state index is 0.105. The van der Waals surface area contributed by atoms with E-state index < -0.39 is 21.7 Å². The van der Waals surface area contributed by atoms with Gasteiger partial charge in [-0.25, -0.2) is 8.42 Å². The predicted octanol–water partition coefficient (Wildman–Crippen LogP) is 0.941. The van der Waals surface area contributed by atoms with Crippen molar-refractivity contribution in [3.05, 3.63) is 0 Å². The van der Waals surface area contributed by atoms with Gasteiger partial charge in [0.2, 0.25) is 0 Å². The highest BCUT2D eigenvalue weighted by atomic mass is 32.2. The lowest BCUT2D eigenvalue weighted by atomic mass is 9.85. The molecule has 1 aliphatic heterocycles. The lowest BCUT2D eigenvalue weighted by Gasteiger charge is -2.36. The van der Waals surface area contributed by atoms with Crippen molar-refractivity contribution < 1.29 is 17.9 Å². The van der Waals surface area contributed by atoms with Crippen LogP contribution in [0.1, 0.15) is 26.7 Å². The number of likely N-dealkylation sites (tertiary alicyclic amines) is 1. The number of rotatable bonds is 5. The SMILES string of the molecule is COC(=O)C(CS(C)(=O)=O)C1CCN(C(C)C)CC1. The molecular weight excluding hydrogens is 266 g/mol. The monoisotopic (exact) mass is 291 g/mol. The zero-order valence-corrected chi connectivity index (χ0v) is 13.1. The van der Waals surface area contributed by atoms with Gasteiger partial charge in [-0.3, -0.25) is 4.79 Å². The zero-order chi connectivity index (χ0) is 14.6. The van der Waals surface area contributed by atoms with Crippen molar-refractivity contribution >= 4 is 15.8 Å². The summed E-state index contributed by atoms with van der Waals surface area (Å²) in [6.07, 6.45) is 2.88. The molecule has 1 saturated heterocycles. The summed E-state index contributed by atoms with van der Waals surface area (Å²) >= 11 is 0. The van der Waals surface area contributed by atoms with Crippen molar-refractivity contribution in [2.45, 2.75) is 32.7 Å². The van der Waals surface area contributed by atoms with Crippen molar-refractivity contribution in [3.63, 3.8) is 0 Å². The molecule has 0 amide bonds. The largest absolute Gasteiger partial charge is 0.469 e. The van der Waals surface area contributed by atoms with E-state index in [2.05, 4.69) is 18.7 Å². The highest BCUT2D eigenvalue weighted by Crippen LogP contribution is 2.28. The van der Waals surface area contributed by atoms with Crippen molar-refractivity contribution in [2.24, 2.45) is 11.8 Å². The molecule has 19 heavy (non-hydrogen) atoms. The smallest absolute Gasteiger partial charge is 0.309 e. The summed E-state index contributed by atoms with van der Waals surface area (Å²) in [5, 5.41) is 0. The van der Waals surface area contributed by atoms with Gasteiger partial charge < -0.3 is 9.64 Å². The Morgan fingerprint density at radius 1 is 1.32 bits per heavy atom. The molecule has 0 bridgehead atoms. The van der Waals surface area contributed by atoms with E-state index in [0.717, 1.165) is 25.9 Å². The van der Waals surface area contributed by atoms with E-state index in [1.54, 1.807) is 0 Å². The minimum atomic E-state index is -3.17. The molecule has 0 aromatic rings. The fourth-order valence-electron chi connectivity index (χ4n) is 2.71. The van der Waals surface area contributed by atoms with Crippen LogP contribution in [0.25, 0.3) is 0 Å². The summed E-state index contributed by atoms with van der Waals surface area (Å²) in [6.45, 7) is 6.13. The summed E-state index contributed by atoms with van der Waals surface area (Å²) in [5.74, 6) is -0.911. The maximum Gasteiger partial charge on any atom is 0.309 e. The van der Waals surface area contributed by atoms with Gasteiger partial charge in [0, 0.05) is 12.3 Å². The summed E-state index contributed by atoms with van der Waals surface area (Å²) in [7, 11) is -1.85. The van der Waals surface area contributed by atoms with Crippen LogP contribution in [-0.2, 0) is 19.4 Å². The third-order valence-corrected chi connectivity index (χ3v) is 4.82. The van der Waals surface area contributed by atoms with Crippen LogP contribution < -0.4 is 0 Å². The average Bonchev–Trinajstić information content (AvgIpc) is 2.34. The lowest BCUT2D eigenvalue weighted by molar-refractivity contribution is -0.147. The molecule has 5 nitrogen and oxygen atoms in total. The molecule has 1 rings (SSSR count). The van der Waals surface area contributed by atoms with Gasteiger partial charge >= 0.3 is 5.97 Å². The molecule has 0 aromatic carbocycles. The van der Waals surface area contributed by atoms with Crippen LogP contribution in [0, 0.1) is 11.8 Å². The average molecular weight is 291 g/mol. The normalized spacial score (nSPS) is 20.5. The zero-order valence-electron chi connectivity index (χ0n) is 12.3. The molecule has 1 aliphatic rings. The van der Waals surface area contributed by atoms with E-state index in [4.69, 9.17) is 4.74 Å². The molecule has 0 aromatic heterocycles. The van der Waals surface area contributed by atoms with Crippen LogP contribution in [0.3, 0.4) is 0 Å². The lowest BCUT2D eigenvalue weighted by Crippen LogP contribution is -2.43. The van der Waals surface area contributed by atoms with Gasteiger partial charge in [-0.15, -0.1) is 0 Å². The number of hydrogen-bond donors (Lipinski definition) is 0. The molecule has 6 heteroatoms. The maximum absolute atomic E-state index is 11.8. The minimum Gasteiger partial charge on any atom is -0.469 e. The van der Waals surface area contributed by atoms with E-state index in [0.29, 0.717) is 6.04 Å². The van der Waals surface area contributed by atoms with Crippen molar-refractivity contribution in [1.82, 2.24) is 4.90 Å². The second-order valence-electron chi connectivity index (χ2n) is 5.69. The Balaban J connectivity index is 2.70. The van der Waals surface area contributed by atoms with Crippen LogP contribution in [-0.4, -0.2) is 57.5 Å². The first-order valence-electron chi connectivity index (χ1n) is 6.74. The van der Waals surface area contributed by atoms with Gasteiger partial charge in [0.1, 0.15) is 9.84 Å². The molecule has 112 valence electrons. The van der Waals surface area contributed by atoms with Gasteiger partial charge in [0.15, 0.2) is 0 Å². The fraction of sp³-hybridized carbons (Fsp3) is 0.923. The number of carbonyl (C=O) groups excluding carboxylic acids is 1. The molecule has 0 saturated carbocycles. The highest BCUT2D eigenvalue weighted by molar-refractivity contribution is 7.90. The van der Waals surface area contributed by atoms with Gasteiger partial charge in [-0.05, 0) is 45.7 Å². The first kappa shape index (κ1) is 16.4. The quantitative estimate of drug-likeness (QED) is 0.705. The fourth-order valence-corrected chi connectivity index (χ4v) is 3.77. The topological polar surface area (TPSA) is 63.7 Å². The molecular formula is C13H25NO4S. The van der Waals surface area contributed by atoms with E-state index >= 15 is 0 Å². The van der Waals surface area contributed by atoms with Gasteiger partial charge in [-0.2, -0.15) is 0 Å². The summed E-state index contributed by atoms with van der Waals surface area (Å²) in [5.41, 5.74) is 0. The van der Waals surface area contributed by atoms with E-state index in [1.807, 2.05) is 0 Å². The van der Waals surface area contributed by atoms with Crippen molar-refractivity contribution in [3.8, 4) is 0 Å². The standard InChI is InChI=1S/C13H25NO4S/c1-10(2)14-7-5-11(6-8-14)12(13(15)18-3)9-19(4,16)17/h10-12H,5-9H2,1-4H3. The first-order valence-corrected chi connectivity index (χ1v) is 8.80. The van der Waals surface area contributed by atoms with Gasteiger partial charge in [0.05, 0.1) is 18.8 Å². The number of piperidine rings is 1. The number of esters is 1. The van der Waals surface area contributed by atoms with Gasteiger partial charge in [0.25, 0.3) is 0 Å². The number of sulfone groups is 1. The van der Waals surface area contributed by atoms with Crippen LogP contribution in [0.4, 0.5) is 0 Å². The molecule has 1 unspecified atom stereocenters. The van der Waals surface area contributed by atoms with E-state index in [9.17, 15) is 13.2 Å². The Hall–Kier alpha value is -0.620. The molecule has 0 aliphatic carbocycles.